The van der Waals surface area contributed by atoms with Crippen LogP contribution in [0.2, 0.25) is 0 Å². The summed E-state index contributed by atoms with van der Waals surface area (Å²) in [7, 11) is 0. The van der Waals surface area contributed by atoms with Gasteiger partial charge < -0.3 is 15.6 Å². The Morgan fingerprint density at radius 2 is 1.86 bits per heavy atom. The number of thioether (sulfide) groups is 1. The van der Waals surface area contributed by atoms with E-state index in [4.69, 9.17) is 5.73 Å². The zero-order valence-electron chi connectivity index (χ0n) is 12.4. The molecular formula is C16H19N3O2S. The molecule has 0 radical (unpaired) electrons. The molecule has 6 heteroatoms. The normalized spacial score (nSPS) is 11.9. The van der Waals surface area contributed by atoms with Gasteiger partial charge in [-0.1, -0.05) is 0 Å². The molecule has 0 spiro atoms. The predicted molar refractivity (Wildman–Crippen MR) is 90.1 cm³/mol. The number of carbonyl (C=O) groups excluding carboxylic acids is 2. The van der Waals surface area contributed by atoms with Crippen molar-refractivity contribution in [1.29, 1.82) is 0 Å². The fourth-order valence-corrected chi connectivity index (χ4v) is 2.60. The third kappa shape index (κ3) is 4.14. The van der Waals surface area contributed by atoms with Crippen LogP contribution in [0.25, 0.3) is 0 Å². The van der Waals surface area contributed by atoms with Gasteiger partial charge in [0.05, 0.1) is 0 Å². The molecule has 2 aromatic rings. The molecule has 3 N–H and O–H groups in total. The molecule has 116 valence electrons. The average Bonchev–Trinajstić information content (AvgIpc) is 3.02. The van der Waals surface area contributed by atoms with Crippen LogP contribution in [0.5, 0.6) is 0 Å². The van der Waals surface area contributed by atoms with E-state index in [-0.39, 0.29) is 11.9 Å². The largest absolute Gasteiger partial charge is 0.366 e. The van der Waals surface area contributed by atoms with Crippen LogP contribution in [-0.4, -0.2) is 28.4 Å². The molecule has 2 amide bonds. The molecule has 1 unspecified atom stereocenters. The summed E-state index contributed by atoms with van der Waals surface area (Å²) in [5, 5.41) is 2.88. The second-order valence-corrected chi connectivity index (χ2v) is 5.84. The van der Waals surface area contributed by atoms with Crippen molar-refractivity contribution in [2.75, 3.05) is 17.3 Å². The van der Waals surface area contributed by atoms with E-state index in [0.29, 0.717) is 11.3 Å². The molecule has 5 nitrogen and oxygen atoms in total. The van der Waals surface area contributed by atoms with Crippen molar-refractivity contribution in [2.24, 2.45) is 5.73 Å². The van der Waals surface area contributed by atoms with Gasteiger partial charge in [-0.15, -0.1) is 0 Å². The van der Waals surface area contributed by atoms with Crippen LogP contribution in [-0.2, 0) is 4.79 Å². The summed E-state index contributed by atoms with van der Waals surface area (Å²) in [6.07, 6.45) is 6.55. The smallest absolute Gasteiger partial charge is 0.248 e. The molecule has 1 atom stereocenters. The van der Waals surface area contributed by atoms with Crippen LogP contribution in [0.1, 0.15) is 22.8 Å². The number of hydrogen-bond acceptors (Lipinski definition) is 3. The number of nitrogens with two attached hydrogens (primary N) is 1. The van der Waals surface area contributed by atoms with Gasteiger partial charge in [-0.2, -0.15) is 11.8 Å². The Morgan fingerprint density at radius 3 is 2.41 bits per heavy atom. The Kier molecular flexibility index (Phi) is 5.66. The topological polar surface area (TPSA) is 77.1 Å². The Hall–Kier alpha value is -2.21. The first-order chi connectivity index (χ1) is 10.6. The number of carbonyl (C=O) groups is 2. The maximum absolute atomic E-state index is 12.5. The van der Waals surface area contributed by atoms with Gasteiger partial charge in [0.1, 0.15) is 6.04 Å². The first kappa shape index (κ1) is 16.2. The van der Waals surface area contributed by atoms with Crippen LogP contribution < -0.4 is 11.1 Å². The minimum absolute atomic E-state index is 0.0722. The van der Waals surface area contributed by atoms with Gasteiger partial charge in [0, 0.05) is 23.6 Å². The minimum atomic E-state index is -0.483. The van der Waals surface area contributed by atoms with Gasteiger partial charge >= 0.3 is 0 Å². The average molecular weight is 317 g/mol. The summed E-state index contributed by atoms with van der Waals surface area (Å²) in [6.45, 7) is 0. The Labute approximate surface area is 133 Å². The van der Waals surface area contributed by atoms with E-state index in [2.05, 4.69) is 5.32 Å². The van der Waals surface area contributed by atoms with E-state index in [1.54, 1.807) is 36.0 Å². The summed E-state index contributed by atoms with van der Waals surface area (Å²) in [5.41, 5.74) is 6.27. The highest BCUT2D eigenvalue weighted by atomic mass is 32.2. The molecule has 0 aliphatic carbocycles. The van der Waals surface area contributed by atoms with Gasteiger partial charge in [-0.05, 0) is 54.8 Å². The van der Waals surface area contributed by atoms with Crippen LogP contribution in [0, 0.1) is 0 Å². The zero-order valence-corrected chi connectivity index (χ0v) is 13.2. The Bertz CT molecular complexity index is 623. The van der Waals surface area contributed by atoms with Crippen molar-refractivity contribution >= 4 is 29.3 Å². The SMILES string of the molecule is CSCCC(C(=O)Nc1ccc(C(N)=O)cc1)n1cccc1. The highest BCUT2D eigenvalue weighted by Gasteiger charge is 2.19. The molecular weight excluding hydrogens is 298 g/mol. The Balaban J connectivity index is 2.08. The lowest BCUT2D eigenvalue weighted by Gasteiger charge is -2.18. The lowest BCUT2D eigenvalue weighted by molar-refractivity contribution is -0.119. The maximum Gasteiger partial charge on any atom is 0.248 e. The molecule has 0 aliphatic rings. The van der Waals surface area contributed by atoms with Crippen LogP contribution >= 0.6 is 11.8 Å². The van der Waals surface area contributed by atoms with E-state index >= 15 is 0 Å². The van der Waals surface area contributed by atoms with Crippen LogP contribution in [0.3, 0.4) is 0 Å². The number of rotatable bonds is 7. The van der Waals surface area contributed by atoms with Gasteiger partial charge in [0.15, 0.2) is 0 Å². The summed E-state index contributed by atoms with van der Waals surface area (Å²) >= 11 is 1.71. The second-order valence-electron chi connectivity index (χ2n) is 4.86. The summed E-state index contributed by atoms with van der Waals surface area (Å²) < 4.78 is 1.91. The van der Waals surface area contributed by atoms with E-state index in [0.717, 1.165) is 12.2 Å². The maximum atomic E-state index is 12.5. The summed E-state index contributed by atoms with van der Waals surface area (Å²) in [6, 6.07) is 10.1. The monoisotopic (exact) mass is 317 g/mol. The zero-order chi connectivity index (χ0) is 15.9. The molecule has 2 rings (SSSR count). The first-order valence-electron chi connectivity index (χ1n) is 6.94. The molecule has 0 saturated heterocycles. The van der Waals surface area contributed by atoms with Crippen LogP contribution in [0.4, 0.5) is 5.69 Å². The van der Waals surface area contributed by atoms with Crippen molar-refractivity contribution in [1.82, 2.24) is 4.57 Å². The molecule has 0 aliphatic heterocycles. The van der Waals surface area contributed by atoms with Crippen molar-refractivity contribution in [3.63, 3.8) is 0 Å². The molecule has 0 saturated carbocycles. The molecule has 22 heavy (non-hydrogen) atoms. The lowest BCUT2D eigenvalue weighted by Crippen LogP contribution is -2.26. The molecule has 1 aromatic carbocycles. The van der Waals surface area contributed by atoms with Gasteiger partial charge in [-0.25, -0.2) is 0 Å². The number of amides is 2. The number of hydrogen-bond donors (Lipinski definition) is 2. The second kappa shape index (κ2) is 7.70. The number of anilines is 1. The lowest BCUT2D eigenvalue weighted by atomic mass is 10.1. The van der Waals surface area contributed by atoms with Crippen molar-refractivity contribution in [3.05, 3.63) is 54.4 Å². The fraction of sp³-hybridized carbons (Fsp3) is 0.250. The molecule has 0 fully saturated rings. The molecule has 1 aromatic heterocycles. The Morgan fingerprint density at radius 1 is 1.23 bits per heavy atom. The number of nitrogens with one attached hydrogen (secondary N) is 1. The van der Waals surface area contributed by atoms with E-state index < -0.39 is 5.91 Å². The number of aromatic nitrogens is 1. The molecule has 0 bridgehead atoms. The fourth-order valence-electron chi connectivity index (χ4n) is 2.14. The third-order valence-corrected chi connectivity index (χ3v) is 3.97. The van der Waals surface area contributed by atoms with Crippen molar-refractivity contribution < 1.29 is 9.59 Å². The van der Waals surface area contributed by atoms with Crippen LogP contribution in [0.15, 0.2) is 48.8 Å². The quantitative estimate of drug-likeness (QED) is 0.824. The highest BCUT2D eigenvalue weighted by Crippen LogP contribution is 2.18. The minimum Gasteiger partial charge on any atom is -0.366 e. The number of benzene rings is 1. The standard InChI is InChI=1S/C16H19N3O2S/c1-22-11-8-14(19-9-2-3-10-19)16(21)18-13-6-4-12(5-7-13)15(17)20/h2-7,9-10,14H,8,11H2,1H3,(H2,17,20)(H,18,21). The highest BCUT2D eigenvalue weighted by molar-refractivity contribution is 7.98. The third-order valence-electron chi connectivity index (χ3n) is 3.32. The summed E-state index contributed by atoms with van der Waals surface area (Å²) in [5.74, 6) is 0.344. The van der Waals surface area contributed by atoms with Gasteiger partial charge in [0.2, 0.25) is 11.8 Å². The number of nitrogens with zero attached hydrogens (tertiary/aromatic N) is 1. The van der Waals surface area contributed by atoms with Gasteiger partial charge in [0.25, 0.3) is 0 Å². The van der Waals surface area contributed by atoms with Crippen molar-refractivity contribution in [2.45, 2.75) is 12.5 Å². The molecule has 1 heterocycles. The summed E-state index contributed by atoms with van der Waals surface area (Å²) in [4.78, 5) is 23.5. The first-order valence-corrected chi connectivity index (χ1v) is 8.33. The van der Waals surface area contributed by atoms with Crippen molar-refractivity contribution in [3.8, 4) is 0 Å². The van der Waals surface area contributed by atoms with E-state index in [1.165, 1.54) is 0 Å². The van der Waals surface area contributed by atoms with Gasteiger partial charge in [-0.3, -0.25) is 9.59 Å². The van der Waals surface area contributed by atoms with E-state index in [9.17, 15) is 9.59 Å². The number of primary amides is 1. The predicted octanol–water partition coefficient (Wildman–Crippen LogP) is 2.52. The van der Waals surface area contributed by atoms with E-state index in [1.807, 2.05) is 35.3 Å².